The zero-order valence-corrected chi connectivity index (χ0v) is 8.73. The molecular formula is C14H14O. The molecule has 76 valence electrons. The fourth-order valence-electron chi connectivity index (χ4n) is 1.39. The van der Waals surface area contributed by atoms with Crippen LogP contribution in [0.1, 0.15) is 12.5 Å². The van der Waals surface area contributed by atoms with Gasteiger partial charge in [0.25, 0.3) is 0 Å². The average Bonchev–Trinajstić information content (AvgIpc) is 2.32. The van der Waals surface area contributed by atoms with Gasteiger partial charge in [0.15, 0.2) is 0 Å². The van der Waals surface area contributed by atoms with Crippen LogP contribution in [0, 0.1) is 6.92 Å². The van der Waals surface area contributed by atoms with Gasteiger partial charge in [-0.2, -0.15) is 0 Å². The van der Waals surface area contributed by atoms with Gasteiger partial charge in [-0.3, -0.25) is 0 Å². The zero-order chi connectivity index (χ0) is 11.4. The molecule has 0 fully saturated rings. The lowest BCUT2D eigenvalue weighted by atomic mass is 10.2. The molecule has 0 unspecified atom stereocenters. The highest BCUT2D eigenvalue weighted by Gasteiger charge is 1.94. The van der Waals surface area contributed by atoms with E-state index in [0.29, 0.717) is 12.6 Å². The minimum atomic E-state index is 0.548. The molecule has 0 aliphatic heterocycles. The van der Waals surface area contributed by atoms with Gasteiger partial charge < -0.3 is 4.74 Å². The predicted molar refractivity (Wildman–Crippen MR) is 62.0 cm³/mol. The third-order valence-corrected chi connectivity index (χ3v) is 2.17. The van der Waals surface area contributed by atoms with E-state index in [2.05, 4.69) is 0 Å². The molecule has 1 heteroatoms. The Bertz CT molecular complexity index is 465. The van der Waals surface area contributed by atoms with Crippen molar-refractivity contribution in [3.05, 3.63) is 65.7 Å². The summed E-state index contributed by atoms with van der Waals surface area (Å²) in [5, 5.41) is 0. The van der Waals surface area contributed by atoms with Gasteiger partial charge in [0, 0.05) is 0 Å². The normalized spacial score (nSPS) is 10.9. The first-order chi connectivity index (χ1) is 7.75. The van der Waals surface area contributed by atoms with Crippen LogP contribution < -0.4 is 4.74 Å². The SMILES string of the molecule is [2H]c1ccc(OCc2ccccc2)cc1C. The lowest BCUT2D eigenvalue weighted by Gasteiger charge is -2.06. The monoisotopic (exact) mass is 199 g/mol. The summed E-state index contributed by atoms with van der Waals surface area (Å²) >= 11 is 0. The number of aryl methyl sites for hydroxylation is 1. The Morgan fingerprint density at radius 2 is 1.93 bits per heavy atom. The van der Waals surface area contributed by atoms with E-state index >= 15 is 0 Å². The molecule has 1 nitrogen and oxygen atoms in total. The third-order valence-electron chi connectivity index (χ3n) is 2.17. The van der Waals surface area contributed by atoms with E-state index in [1.165, 1.54) is 0 Å². The lowest BCUT2D eigenvalue weighted by molar-refractivity contribution is 0.306. The second-order valence-electron chi connectivity index (χ2n) is 3.48. The standard InChI is InChI=1S/C14H14O/c1-12-6-5-9-14(10-12)15-11-13-7-3-2-4-8-13/h2-10H,11H2,1H3/i6D. The molecule has 0 spiro atoms. The van der Waals surface area contributed by atoms with Gasteiger partial charge in [0.2, 0.25) is 0 Å². The summed E-state index contributed by atoms with van der Waals surface area (Å²) in [6.45, 7) is 2.48. The van der Waals surface area contributed by atoms with Crippen molar-refractivity contribution >= 4 is 0 Å². The average molecular weight is 199 g/mol. The Hall–Kier alpha value is -1.76. The Kier molecular flexibility index (Phi) is 2.65. The summed E-state index contributed by atoms with van der Waals surface area (Å²) in [5.41, 5.74) is 2.08. The van der Waals surface area contributed by atoms with Crippen molar-refractivity contribution < 1.29 is 6.11 Å². The summed E-state index contributed by atoms with van der Waals surface area (Å²) in [4.78, 5) is 0. The minimum absolute atomic E-state index is 0.548. The number of hydrogen-bond acceptors (Lipinski definition) is 1. The molecule has 0 aliphatic rings. The Morgan fingerprint density at radius 1 is 1.13 bits per heavy atom. The summed E-state index contributed by atoms with van der Waals surface area (Å²) < 4.78 is 13.2. The minimum Gasteiger partial charge on any atom is -0.489 e. The van der Waals surface area contributed by atoms with Crippen LogP contribution in [0.4, 0.5) is 0 Å². The first-order valence-electron chi connectivity index (χ1n) is 5.50. The second kappa shape index (κ2) is 4.65. The lowest BCUT2D eigenvalue weighted by Crippen LogP contribution is -1.94. The zero-order valence-electron chi connectivity index (χ0n) is 9.73. The van der Waals surface area contributed by atoms with Gasteiger partial charge in [-0.05, 0) is 30.2 Å². The van der Waals surface area contributed by atoms with Gasteiger partial charge in [-0.1, -0.05) is 42.4 Å². The summed E-state index contributed by atoms with van der Waals surface area (Å²) in [5.74, 6) is 0.817. The highest BCUT2D eigenvalue weighted by Crippen LogP contribution is 2.14. The predicted octanol–water partition coefficient (Wildman–Crippen LogP) is 3.57. The molecule has 0 aromatic heterocycles. The highest BCUT2D eigenvalue weighted by molar-refractivity contribution is 5.27. The quantitative estimate of drug-likeness (QED) is 0.734. The van der Waals surface area contributed by atoms with Crippen LogP contribution in [-0.2, 0) is 6.61 Å². The fourth-order valence-corrected chi connectivity index (χ4v) is 1.39. The molecule has 2 aromatic carbocycles. The number of hydrogen-bond donors (Lipinski definition) is 0. The van der Waals surface area contributed by atoms with Crippen LogP contribution in [0.2, 0.25) is 0 Å². The Labute approximate surface area is 91.7 Å². The molecule has 2 rings (SSSR count). The molecule has 0 aliphatic carbocycles. The van der Waals surface area contributed by atoms with Crippen LogP contribution in [0.15, 0.2) is 54.6 Å². The molecule has 2 aromatic rings. The molecule has 0 saturated heterocycles. The van der Waals surface area contributed by atoms with E-state index in [1.807, 2.05) is 49.4 Å². The van der Waals surface area contributed by atoms with E-state index in [1.54, 1.807) is 6.07 Å². The Morgan fingerprint density at radius 3 is 2.67 bits per heavy atom. The molecule has 0 amide bonds. The van der Waals surface area contributed by atoms with Crippen LogP contribution in [0.3, 0.4) is 0 Å². The molecule has 15 heavy (non-hydrogen) atoms. The number of benzene rings is 2. The van der Waals surface area contributed by atoms with E-state index in [0.717, 1.165) is 16.9 Å². The first-order valence-corrected chi connectivity index (χ1v) is 5.00. The van der Waals surface area contributed by atoms with E-state index in [-0.39, 0.29) is 0 Å². The molecule has 0 heterocycles. The van der Waals surface area contributed by atoms with Crippen LogP contribution in [0.5, 0.6) is 5.75 Å². The number of rotatable bonds is 3. The smallest absolute Gasteiger partial charge is 0.120 e. The number of ether oxygens (including phenoxy) is 1. The van der Waals surface area contributed by atoms with E-state index in [4.69, 9.17) is 6.11 Å². The van der Waals surface area contributed by atoms with Crippen LogP contribution >= 0.6 is 0 Å². The summed E-state index contributed by atoms with van der Waals surface area (Å²) in [6, 6.07) is 16.1. The van der Waals surface area contributed by atoms with E-state index < -0.39 is 0 Å². The maximum absolute atomic E-state index is 7.56. The molecule has 0 bridgehead atoms. The van der Waals surface area contributed by atoms with Gasteiger partial charge in [0.05, 0.1) is 1.37 Å². The molecular weight excluding hydrogens is 184 g/mol. The van der Waals surface area contributed by atoms with Gasteiger partial charge in [0.1, 0.15) is 12.4 Å². The van der Waals surface area contributed by atoms with Gasteiger partial charge in [-0.15, -0.1) is 0 Å². The highest BCUT2D eigenvalue weighted by atomic mass is 16.5. The maximum atomic E-state index is 7.56. The van der Waals surface area contributed by atoms with Crippen molar-refractivity contribution in [3.8, 4) is 5.75 Å². The van der Waals surface area contributed by atoms with Crippen molar-refractivity contribution in [1.82, 2.24) is 0 Å². The Balaban J connectivity index is 2.03. The molecule has 0 atom stereocenters. The van der Waals surface area contributed by atoms with E-state index in [9.17, 15) is 0 Å². The maximum Gasteiger partial charge on any atom is 0.120 e. The topological polar surface area (TPSA) is 9.23 Å². The second-order valence-corrected chi connectivity index (χ2v) is 3.48. The van der Waals surface area contributed by atoms with Gasteiger partial charge in [-0.25, -0.2) is 0 Å². The summed E-state index contributed by atoms with van der Waals surface area (Å²) in [7, 11) is 0. The first kappa shape index (κ1) is 8.54. The van der Waals surface area contributed by atoms with Gasteiger partial charge >= 0.3 is 0 Å². The van der Waals surface area contributed by atoms with Crippen molar-refractivity contribution in [2.24, 2.45) is 0 Å². The molecule has 0 N–H and O–H groups in total. The summed E-state index contributed by atoms with van der Waals surface area (Å²) in [6.07, 6.45) is 0. The van der Waals surface area contributed by atoms with Crippen molar-refractivity contribution in [2.75, 3.05) is 0 Å². The molecule has 0 saturated carbocycles. The van der Waals surface area contributed by atoms with Crippen molar-refractivity contribution in [2.45, 2.75) is 13.5 Å². The van der Waals surface area contributed by atoms with Crippen molar-refractivity contribution in [1.29, 1.82) is 0 Å². The molecule has 0 radical (unpaired) electrons. The van der Waals surface area contributed by atoms with Crippen LogP contribution in [0.25, 0.3) is 0 Å². The largest absolute Gasteiger partial charge is 0.489 e. The fraction of sp³-hybridized carbons (Fsp3) is 0.143. The van der Waals surface area contributed by atoms with Crippen molar-refractivity contribution in [3.63, 3.8) is 0 Å². The third kappa shape index (κ3) is 2.84. The van der Waals surface area contributed by atoms with Crippen LogP contribution in [-0.4, -0.2) is 0 Å².